The van der Waals surface area contributed by atoms with E-state index in [2.05, 4.69) is 20.6 Å². The second kappa shape index (κ2) is 7.38. The van der Waals surface area contributed by atoms with Gasteiger partial charge in [0.05, 0.1) is 0 Å². The zero-order valence-corrected chi connectivity index (χ0v) is 14.5. The van der Waals surface area contributed by atoms with Crippen molar-refractivity contribution in [2.45, 2.75) is 39.7 Å². The van der Waals surface area contributed by atoms with Crippen LogP contribution >= 0.6 is 0 Å². The highest BCUT2D eigenvalue weighted by Gasteiger charge is 2.17. The van der Waals surface area contributed by atoms with E-state index in [9.17, 15) is 9.18 Å². The third kappa shape index (κ3) is 5.61. The number of rotatable bonds is 5. The average molecular weight is 330 g/mol. The molecule has 128 valence electrons. The van der Waals surface area contributed by atoms with E-state index in [1.807, 2.05) is 20.8 Å². The molecule has 0 aliphatic heterocycles. The normalized spacial score (nSPS) is 11.2. The first-order chi connectivity index (χ1) is 11.2. The average Bonchev–Trinajstić information content (AvgIpc) is 2.47. The number of nitrogens with zero attached hydrogens (tertiary/aromatic N) is 2. The van der Waals surface area contributed by atoms with Crippen molar-refractivity contribution in [3.63, 3.8) is 0 Å². The van der Waals surface area contributed by atoms with Gasteiger partial charge in [-0.15, -0.1) is 0 Å². The van der Waals surface area contributed by atoms with E-state index in [0.29, 0.717) is 23.9 Å². The number of carbonyl (C=O) groups excluding carboxylic acids is 1. The Labute approximate surface area is 141 Å². The van der Waals surface area contributed by atoms with Crippen LogP contribution in [0.5, 0.6) is 0 Å². The van der Waals surface area contributed by atoms with Crippen molar-refractivity contribution in [2.24, 2.45) is 0 Å². The SMILES string of the molecule is Cc1nc(NCCc2ccc(F)cc2)cc(C(=O)NC(C)(C)C)n1. The van der Waals surface area contributed by atoms with Crippen molar-refractivity contribution in [1.29, 1.82) is 0 Å². The summed E-state index contributed by atoms with van der Waals surface area (Å²) in [5.41, 5.74) is 1.04. The Bertz CT molecular complexity index is 708. The van der Waals surface area contributed by atoms with E-state index in [1.54, 1.807) is 25.1 Å². The summed E-state index contributed by atoms with van der Waals surface area (Å²) < 4.78 is 12.9. The second-order valence-electron chi connectivity index (χ2n) is 6.69. The number of benzene rings is 1. The molecule has 1 aromatic heterocycles. The third-order valence-electron chi connectivity index (χ3n) is 3.19. The number of amides is 1. The zero-order valence-electron chi connectivity index (χ0n) is 14.5. The Balaban J connectivity index is 2.00. The Morgan fingerprint density at radius 3 is 2.46 bits per heavy atom. The van der Waals surface area contributed by atoms with Crippen molar-refractivity contribution >= 4 is 11.7 Å². The molecule has 0 radical (unpaired) electrons. The lowest BCUT2D eigenvalue weighted by Gasteiger charge is -2.20. The molecule has 0 saturated carbocycles. The molecule has 0 fully saturated rings. The lowest BCUT2D eigenvalue weighted by atomic mass is 10.1. The predicted octanol–water partition coefficient (Wildman–Crippen LogP) is 3.11. The summed E-state index contributed by atoms with van der Waals surface area (Å²) in [5, 5.41) is 6.07. The molecule has 0 unspecified atom stereocenters. The molecule has 24 heavy (non-hydrogen) atoms. The van der Waals surface area contributed by atoms with E-state index in [1.165, 1.54) is 12.1 Å². The molecule has 1 aromatic carbocycles. The molecule has 1 heterocycles. The molecular weight excluding hydrogens is 307 g/mol. The molecule has 1 amide bonds. The molecule has 5 nitrogen and oxygen atoms in total. The van der Waals surface area contributed by atoms with Crippen LogP contribution in [0.25, 0.3) is 0 Å². The highest BCUT2D eigenvalue weighted by molar-refractivity contribution is 5.93. The highest BCUT2D eigenvalue weighted by atomic mass is 19.1. The molecule has 2 aromatic rings. The minimum atomic E-state index is -0.327. The van der Waals surface area contributed by atoms with E-state index in [-0.39, 0.29) is 17.3 Å². The number of nitrogens with one attached hydrogen (secondary N) is 2. The van der Waals surface area contributed by atoms with E-state index in [4.69, 9.17) is 0 Å². The predicted molar refractivity (Wildman–Crippen MR) is 92.6 cm³/mol. The summed E-state index contributed by atoms with van der Waals surface area (Å²) >= 11 is 0. The van der Waals surface area contributed by atoms with Gasteiger partial charge in [-0.25, -0.2) is 14.4 Å². The maximum atomic E-state index is 12.9. The largest absolute Gasteiger partial charge is 0.370 e. The molecule has 0 spiro atoms. The van der Waals surface area contributed by atoms with Crippen molar-refractivity contribution in [3.8, 4) is 0 Å². The molecule has 2 rings (SSSR count). The maximum Gasteiger partial charge on any atom is 0.270 e. The number of aromatic nitrogens is 2. The first-order valence-corrected chi connectivity index (χ1v) is 7.89. The zero-order chi connectivity index (χ0) is 17.7. The number of halogens is 1. The van der Waals surface area contributed by atoms with Crippen molar-refractivity contribution in [3.05, 3.63) is 53.2 Å². The fourth-order valence-corrected chi connectivity index (χ4v) is 2.17. The Morgan fingerprint density at radius 1 is 1.17 bits per heavy atom. The lowest BCUT2D eigenvalue weighted by molar-refractivity contribution is 0.0914. The Kier molecular flexibility index (Phi) is 5.49. The number of hydrogen-bond acceptors (Lipinski definition) is 4. The fourth-order valence-electron chi connectivity index (χ4n) is 2.17. The number of anilines is 1. The summed E-state index contributed by atoms with van der Waals surface area (Å²) in [6, 6.07) is 8.03. The van der Waals surface area contributed by atoms with Gasteiger partial charge in [-0.1, -0.05) is 12.1 Å². The van der Waals surface area contributed by atoms with Crippen LogP contribution in [-0.4, -0.2) is 28.0 Å². The summed E-state index contributed by atoms with van der Waals surface area (Å²) in [5.74, 6) is 0.659. The molecule has 0 bridgehead atoms. The monoisotopic (exact) mass is 330 g/mol. The van der Waals surface area contributed by atoms with Gasteiger partial charge in [0.2, 0.25) is 0 Å². The summed E-state index contributed by atoms with van der Waals surface area (Å²) in [6.07, 6.45) is 0.729. The van der Waals surface area contributed by atoms with Crippen LogP contribution in [0.3, 0.4) is 0 Å². The van der Waals surface area contributed by atoms with E-state index in [0.717, 1.165) is 12.0 Å². The van der Waals surface area contributed by atoms with Gasteiger partial charge in [0.15, 0.2) is 0 Å². The highest BCUT2D eigenvalue weighted by Crippen LogP contribution is 2.10. The molecule has 0 aliphatic rings. The van der Waals surface area contributed by atoms with Crippen LogP contribution < -0.4 is 10.6 Å². The van der Waals surface area contributed by atoms with E-state index < -0.39 is 0 Å². The van der Waals surface area contributed by atoms with Crippen LogP contribution in [0, 0.1) is 12.7 Å². The van der Waals surface area contributed by atoms with Crippen molar-refractivity contribution < 1.29 is 9.18 Å². The summed E-state index contributed by atoms with van der Waals surface area (Å²) in [4.78, 5) is 20.7. The number of carbonyl (C=O) groups is 1. The topological polar surface area (TPSA) is 66.9 Å². The molecule has 0 aliphatic carbocycles. The Morgan fingerprint density at radius 2 is 1.83 bits per heavy atom. The fraction of sp³-hybridized carbons (Fsp3) is 0.389. The third-order valence-corrected chi connectivity index (χ3v) is 3.19. The van der Waals surface area contributed by atoms with Gasteiger partial charge in [-0.05, 0) is 51.8 Å². The van der Waals surface area contributed by atoms with Crippen LogP contribution in [0.15, 0.2) is 30.3 Å². The summed E-state index contributed by atoms with van der Waals surface area (Å²) in [7, 11) is 0. The van der Waals surface area contributed by atoms with Gasteiger partial charge >= 0.3 is 0 Å². The van der Waals surface area contributed by atoms with Gasteiger partial charge in [0.1, 0.15) is 23.2 Å². The summed E-state index contributed by atoms with van der Waals surface area (Å²) in [6.45, 7) is 8.13. The molecule has 0 saturated heterocycles. The van der Waals surface area contributed by atoms with Crippen LogP contribution in [-0.2, 0) is 6.42 Å². The molecule has 2 N–H and O–H groups in total. The Hall–Kier alpha value is -2.50. The second-order valence-corrected chi connectivity index (χ2v) is 6.69. The van der Waals surface area contributed by atoms with Crippen molar-refractivity contribution in [1.82, 2.24) is 15.3 Å². The van der Waals surface area contributed by atoms with Gasteiger partial charge in [-0.2, -0.15) is 0 Å². The lowest BCUT2D eigenvalue weighted by Crippen LogP contribution is -2.41. The van der Waals surface area contributed by atoms with E-state index >= 15 is 0 Å². The van der Waals surface area contributed by atoms with Gasteiger partial charge in [0, 0.05) is 18.2 Å². The number of hydrogen-bond donors (Lipinski definition) is 2. The van der Waals surface area contributed by atoms with Gasteiger partial charge in [-0.3, -0.25) is 4.79 Å². The molecule has 6 heteroatoms. The van der Waals surface area contributed by atoms with Crippen LogP contribution in [0.2, 0.25) is 0 Å². The van der Waals surface area contributed by atoms with Gasteiger partial charge < -0.3 is 10.6 Å². The maximum absolute atomic E-state index is 12.9. The van der Waals surface area contributed by atoms with Gasteiger partial charge in [0.25, 0.3) is 5.91 Å². The first kappa shape index (κ1) is 17.8. The number of aryl methyl sites for hydroxylation is 1. The smallest absolute Gasteiger partial charge is 0.270 e. The minimum absolute atomic E-state index is 0.227. The quantitative estimate of drug-likeness (QED) is 0.884. The first-order valence-electron chi connectivity index (χ1n) is 7.89. The van der Waals surface area contributed by atoms with Crippen LogP contribution in [0.1, 0.15) is 42.6 Å². The van der Waals surface area contributed by atoms with Crippen LogP contribution in [0.4, 0.5) is 10.2 Å². The minimum Gasteiger partial charge on any atom is -0.370 e. The molecule has 0 atom stereocenters. The molecular formula is C18H23FN4O. The standard InChI is InChI=1S/C18H23FN4O/c1-12-21-15(17(24)23-18(2,3)4)11-16(22-12)20-10-9-13-5-7-14(19)8-6-13/h5-8,11H,9-10H2,1-4H3,(H,23,24)(H,20,21,22). The van der Waals surface area contributed by atoms with Crippen molar-refractivity contribution in [2.75, 3.05) is 11.9 Å².